The van der Waals surface area contributed by atoms with E-state index in [1.807, 2.05) is 266 Å². The third kappa shape index (κ3) is 22.1. The third-order valence-electron chi connectivity index (χ3n) is 18.9. The number of aromatic nitrogens is 8. The second-order valence-corrected chi connectivity index (χ2v) is 27.8. The van der Waals surface area contributed by atoms with Crippen molar-refractivity contribution in [1.29, 1.82) is 0 Å². The number of thiophene rings is 1. The number of nitrogens with zero attached hydrogens (tertiary/aromatic N) is 9. The number of hydrogen-bond acceptors (Lipinski definition) is 14. The Morgan fingerprint density at radius 1 is 0.309 bits per heavy atom. The first-order valence-corrected chi connectivity index (χ1v) is 39.0. The van der Waals surface area contributed by atoms with Crippen molar-refractivity contribution in [3.63, 3.8) is 0 Å². The standard InChI is InChI=1S/C40H27N3.C23H14N2O.C22H12N2O2.C20H13N2OS.4Pt/c1-4-14-30(15-5-1)32-24-34(39-20-10-12-22-41-39)28-37(26-32)43(36-18-8-3-9-19-36)38-27-33(31-16-6-2-7-17-31)25-35(29-38)40-21-11-13-23-42-40;26-23(19-9-5-7-17(15-19)21-11-1-3-13-24-21)20-10-6-8-18(16-20)22-12-2-4-14-25-22;1-5-15-13-17(7-1)25-21-11-3-9-19(23-21)20-10-4-12-22(24-20)26-18-8-2-6-16(15)14-18;23-19-12-13-24-20(19)18-11-5-10-17(22-18)16-9-4-8-15(21-16)14-6-2-1-3-7-14;;;;/h1-27H;1-14H;1-12H;1-6,8-13,23H;;;;/q3*-2;-1;;3*+2. The molecule has 8 bridgehead atoms. The fourth-order valence-electron chi connectivity index (χ4n) is 13.2. The number of carbonyl (C=O) groups is 1. The van der Waals surface area contributed by atoms with E-state index in [2.05, 4.69) is 179 Å². The van der Waals surface area contributed by atoms with E-state index < -0.39 is 0 Å². The Kier molecular flexibility index (Phi) is 30.4. The summed E-state index contributed by atoms with van der Waals surface area (Å²) in [5, 5.41) is 11.8. The Morgan fingerprint density at radius 2 is 0.683 bits per heavy atom. The van der Waals surface area contributed by atoms with E-state index in [1.54, 1.807) is 30.6 Å². The fourth-order valence-corrected chi connectivity index (χ4v) is 14.0. The maximum atomic E-state index is 12.9. The number of para-hydroxylation sites is 1. The number of ether oxygens (including phenoxy) is 2. The Morgan fingerprint density at radius 3 is 1.12 bits per heavy atom. The first-order chi connectivity index (χ1) is 58.8. The van der Waals surface area contributed by atoms with Crippen molar-refractivity contribution in [3.8, 4) is 152 Å². The molecule has 0 aliphatic carbocycles. The average Bonchev–Trinajstić information content (AvgIpc) is 1.03. The van der Waals surface area contributed by atoms with Crippen LogP contribution in [-0.4, -0.2) is 50.8 Å². The van der Waals surface area contributed by atoms with E-state index >= 15 is 0 Å². The summed E-state index contributed by atoms with van der Waals surface area (Å²) in [7, 11) is 0. The van der Waals surface area contributed by atoms with E-state index in [9.17, 15) is 9.90 Å². The smallest absolute Gasteiger partial charge is 0.506 e. The van der Waals surface area contributed by atoms with Crippen LogP contribution in [0.4, 0.5) is 17.1 Å². The van der Waals surface area contributed by atoms with Gasteiger partial charge in [-0.05, 0) is 118 Å². The Bertz CT molecular complexity index is 6180. The van der Waals surface area contributed by atoms with Gasteiger partial charge in [-0.15, -0.1) is 168 Å². The molecule has 0 spiro atoms. The second-order valence-electron chi connectivity index (χ2n) is 26.9. The van der Waals surface area contributed by atoms with Gasteiger partial charge in [0.05, 0.1) is 33.3 Å². The predicted octanol–water partition coefficient (Wildman–Crippen LogP) is 25.2. The molecule has 10 aromatic carbocycles. The van der Waals surface area contributed by atoms with Crippen LogP contribution < -0.4 is 14.4 Å². The second kappa shape index (κ2) is 42.8. The summed E-state index contributed by atoms with van der Waals surface area (Å²) in [4.78, 5) is 52.3. The number of benzene rings is 10. The first kappa shape index (κ1) is 87.5. The summed E-state index contributed by atoms with van der Waals surface area (Å²) >= 11 is 1.47. The Balaban J connectivity index is 0.000000144. The molecule has 19 aromatic rings. The van der Waals surface area contributed by atoms with Crippen molar-refractivity contribution >= 4 is 34.2 Å². The molecule has 0 atom stereocenters. The van der Waals surface area contributed by atoms with Gasteiger partial charge in [-0.1, -0.05) is 191 Å². The average molecular weight is 2330 g/mol. The molecule has 20 rings (SSSR count). The van der Waals surface area contributed by atoms with Crippen molar-refractivity contribution in [3.05, 3.63) is 448 Å². The van der Waals surface area contributed by atoms with Gasteiger partial charge in [0.2, 0.25) is 11.8 Å². The SMILES string of the molecule is O=C(c1[c-]c(-c2ccccn2)ccc1)c1[c-]c(-c2ccccn2)ccc1.Oc1ccsc1-c1cccc(-c2cccc(-c3[c-]cccc3)n2)n1.[Pt+2].[Pt+2].[Pt+2].[Pt].[c-]1c(-c2ccccn2)cc(-c2ccccc2)cc1N(c1[c-]c(-c2ccccn2)cc(-c2ccccc2)c1)c1ccccc1.[c-]1c2cccc1-c1[c-]c(ccc1)Oc1cccc(n1)-c1cccc(n1)O2. The Labute approximate surface area is 775 Å². The van der Waals surface area contributed by atoms with Crippen LogP contribution >= 0.6 is 11.3 Å². The van der Waals surface area contributed by atoms with Crippen LogP contribution in [0.25, 0.3) is 123 Å². The van der Waals surface area contributed by atoms with Crippen LogP contribution in [-0.2, 0) is 84.3 Å². The first-order valence-electron chi connectivity index (χ1n) is 38.2. The summed E-state index contributed by atoms with van der Waals surface area (Å²) in [6.45, 7) is 0. The molecule has 18 heteroatoms. The monoisotopic (exact) mass is 2330 g/mol. The number of carbonyl (C=O) groups excluding carboxylic acids is 1. The van der Waals surface area contributed by atoms with E-state index in [0.717, 1.165) is 129 Å². The topological polar surface area (TPSA) is 162 Å². The maximum absolute atomic E-state index is 12.9. The van der Waals surface area contributed by atoms with Gasteiger partial charge in [-0.2, -0.15) is 24.3 Å². The number of rotatable bonds is 14. The van der Waals surface area contributed by atoms with Gasteiger partial charge in [-0.3, -0.25) is 15.0 Å². The van der Waals surface area contributed by atoms with E-state index in [4.69, 9.17) is 14.5 Å². The van der Waals surface area contributed by atoms with Gasteiger partial charge >= 0.3 is 63.2 Å². The fraction of sp³-hybridized carbons (Fsp3) is 0. The van der Waals surface area contributed by atoms with Crippen LogP contribution in [0.2, 0.25) is 0 Å². The molecule has 1 aliphatic heterocycles. The zero-order valence-corrected chi connectivity index (χ0v) is 74.8. The molecule has 602 valence electrons. The molecule has 123 heavy (non-hydrogen) atoms. The zero-order chi connectivity index (χ0) is 80.3. The van der Waals surface area contributed by atoms with Crippen LogP contribution in [0, 0.1) is 42.5 Å². The summed E-state index contributed by atoms with van der Waals surface area (Å²) in [5.74, 6) is 2.28. The molecule has 1 N–H and O–H groups in total. The molecular weight excluding hydrogens is 2260 g/mol. The van der Waals surface area contributed by atoms with Crippen molar-refractivity contribution < 1.29 is 104 Å². The molecule has 0 saturated heterocycles. The number of pyridine rings is 8. The van der Waals surface area contributed by atoms with Gasteiger partial charge in [0.25, 0.3) is 0 Å². The van der Waals surface area contributed by atoms with Crippen LogP contribution in [0.5, 0.6) is 29.0 Å². The molecule has 0 radical (unpaired) electrons. The number of aromatic hydroxyl groups is 1. The minimum absolute atomic E-state index is 0. The summed E-state index contributed by atoms with van der Waals surface area (Å²) in [5.41, 5.74) is 22.2. The number of hydrogen-bond donors (Lipinski definition) is 1. The Hall–Kier alpha value is -13.3. The van der Waals surface area contributed by atoms with Crippen LogP contribution in [0.3, 0.4) is 0 Å². The minimum Gasteiger partial charge on any atom is -0.506 e. The van der Waals surface area contributed by atoms with E-state index in [-0.39, 0.29) is 95.8 Å². The number of fused-ring (bicyclic) bond motifs is 10. The molecule has 0 amide bonds. The van der Waals surface area contributed by atoms with Crippen molar-refractivity contribution in [2.24, 2.45) is 0 Å². The molecule has 10 heterocycles. The normalized spacial score (nSPS) is 10.5. The molecular formula is C105H66N9O4Pt4S-. The van der Waals surface area contributed by atoms with Gasteiger partial charge in [0, 0.05) is 86.6 Å². The van der Waals surface area contributed by atoms with Gasteiger partial charge in [-0.25, -0.2) is 26.1 Å². The summed E-state index contributed by atoms with van der Waals surface area (Å²) in [6.07, 6.45) is 7.09. The van der Waals surface area contributed by atoms with Gasteiger partial charge in [0.15, 0.2) is 0 Å². The van der Waals surface area contributed by atoms with E-state index in [0.29, 0.717) is 45.8 Å². The van der Waals surface area contributed by atoms with Gasteiger partial charge in [0.1, 0.15) is 11.5 Å². The number of ketones is 1. The summed E-state index contributed by atoms with van der Waals surface area (Å²) < 4.78 is 11.8. The zero-order valence-electron chi connectivity index (χ0n) is 64.9. The molecule has 0 fully saturated rings. The van der Waals surface area contributed by atoms with Crippen molar-refractivity contribution in [2.45, 2.75) is 0 Å². The van der Waals surface area contributed by atoms with Gasteiger partial charge < -0.3 is 34.2 Å². The molecule has 9 aromatic heterocycles. The molecule has 0 unspecified atom stereocenters. The maximum Gasteiger partial charge on any atom is 2.00 e. The molecule has 0 saturated carbocycles. The molecule has 1 aliphatic rings. The predicted molar refractivity (Wildman–Crippen MR) is 470 cm³/mol. The van der Waals surface area contributed by atoms with Crippen molar-refractivity contribution in [2.75, 3.05) is 4.90 Å². The van der Waals surface area contributed by atoms with Crippen molar-refractivity contribution in [1.82, 2.24) is 39.9 Å². The van der Waals surface area contributed by atoms with E-state index in [1.165, 1.54) is 11.3 Å². The minimum atomic E-state index is -0.124. The largest absolute Gasteiger partial charge is 2.00 e. The molecule has 13 nitrogen and oxygen atoms in total. The van der Waals surface area contributed by atoms with Crippen LogP contribution in [0.1, 0.15) is 15.9 Å². The number of anilines is 3. The summed E-state index contributed by atoms with van der Waals surface area (Å²) in [6, 6.07) is 141. The third-order valence-corrected chi connectivity index (χ3v) is 19.8. The quantitative estimate of drug-likeness (QED) is 0.0809. The van der Waals surface area contributed by atoms with Crippen LogP contribution in [0.15, 0.2) is 394 Å².